The van der Waals surface area contributed by atoms with Gasteiger partial charge in [-0.2, -0.15) is 0 Å². The Morgan fingerprint density at radius 3 is 2.27 bits per heavy atom. The first-order valence-corrected chi connectivity index (χ1v) is 9.50. The van der Waals surface area contributed by atoms with E-state index in [0.29, 0.717) is 17.0 Å². The fourth-order valence-electron chi connectivity index (χ4n) is 2.39. The second-order valence-corrected chi connectivity index (χ2v) is 8.44. The summed E-state index contributed by atoms with van der Waals surface area (Å²) in [5.41, 5.74) is 2.58. The minimum Gasteiger partial charge on any atom is -0.345 e. The van der Waals surface area contributed by atoms with Gasteiger partial charge in [0.15, 0.2) is 0 Å². The third kappa shape index (κ3) is 5.63. The van der Waals surface area contributed by atoms with Crippen molar-refractivity contribution < 1.29 is 9.59 Å². The SMILES string of the molecule is CN(C)C(=O)c1cccc(NC(=O)CSc2ccc(C(C)(C)C)cc2)c1. The highest BCUT2D eigenvalue weighted by Gasteiger charge is 2.13. The number of hydrogen-bond donors (Lipinski definition) is 1. The molecule has 2 aromatic rings. The Balaban J connectivity index is 1.93. The highest BCUT2D eigenvalue weighted by Crippen LogP contribution is 2.25. The third-order valence-corrected chi connectivity index (χ3v) is 4.90. The lowest BCUT2D eigenvalue weighted by Gasteiger charge is -2.19. The molecule has 2 aromatic carbocycles. The summed E-state index contributed by atoms with van der Waals surface area (Å²) in [5.74, 6) is 0.138. The van der Waals surface area contributed by atoms with Gasteiger partial charge in [-0.15, -0.1) is 11.8 Å². The number of carbonyl (C=O) groups excluding carboxylic acids is 2. The molecule has 0 atom stereocenters. The molecule has 0 aromatic heterocycles. The van der Waals surface area contributed by atoms with Crippen LogP contribution in [-0.4, -0.2) is 36.6 Å². The number of amides is 2. The quantitative estimate of drug-likeness (QED) is 0.793. The highest BCUT2D eigenvalue weighted by molar-refractivity contribution is 8.00. The molecule has 4 nitrogen and oxygen atoms in total. The van der Waals surface area contributed by atoms with E-state index >= 15 is 0 Å². The van der Waals surface area contributed by atoms with E-state index in [1.165, 1.54) is 22.2 Å². The second kappa shape index (κ2) is 8.41. The van der Waals surface area contributed by atoms with Crippen LogP contribution >= 0.6 is 11.8 Å². The van der Waals surface area contributed by atoms with Crippen LogP contribution in [0.15, 0.2) is 53.4 Å². The largest absolute Gasteiger partial charge is 0.345 e. The molecule has 0 aliphatic carbocycles. The molecular weight excluding hydrogens is 344 g/mol. The number of nitrogens with zero attached hydrogens (tertiary/aromatic N) is 1. The maximum absolute atomic E-state index is 12.2. The van der Waals surface area contributed by atoms with Crippen molar-refractivity contribution in [2.24, 2.45) is 0 Å². The Morgan fingerprint density at radius 2 is 1.69 bits per heavy atom. The average molecular weight is 371 g/mol. The van der Waals surface area contributed by atoms with E-state index in [-0.39, 0.29) is 17.2 Å². The van der Waals surface area contributed by atoms with Gasteiger partial charge < -0.3 is 10.2 Å². The van der Waals surface area contributed by atoms with Crippen molar-refractivity contribution in [3.05, 3.63) is 59.7 Å². The summed E-state index contributed by atoms with van der Waals surface area (Å²) in [6.07, 6.45) is 0. The lowest BCUT2D eigenvalue weighted by Crippen LogP contribution is -2.22. The van der Waals surface area contributed by atoms with E-state index in [1.807, 2.05) is 0 Å². The molecule has 26 heavy (non-hydrogen) atoms. The van der Waals surface area contributed by atoms with E-state index in [1.54, 1.807) is 38.4 Å². The van der Waals surface area contributed by atoms with Crippen molar-refractivity contribution in [3.8, 4) is 0 Å². The number of benzene rings is 2. The van der Waals surface area contributed by atoms with E-state index in [9.17, 15) is 9.59 Å². The molecule has 0 radical (unpaired) electrons. The van der Waals surface area contributed by atoms with Crippen molar-refractivity contribution >= 4 is 29.3 Å². The minimum atomic E-state index is -0.0932. The van der Waals surface area contributed by atoms with Gasteiger partial charge in [0.25, 0.3) is 5.91 Å². The lowest BCUT2D eigenvalue weighted by molar-refractivity contribution is -0.113. The molecule has 0 aliphatic heterocycles. The number of rotatable bonds is 5. The molecular formula is C21H26N2O2S. The molecule has 0 aliphatic rings. The number of nitrogens with one attached hydrogen (secondary N) is 1. The van der Waals surface area contributed by atoms with E-state index < -0.39 is 0 Å². The van der Waals surface area contributed by atoms with Gasteiger partial charge in [-0.1, -0.05) is 39.0 Å². The number of carbonyl (C=O) groups is 2. The Morgan fingerprint density at radius 1 is 1.04 bits per heavy atom. The van der Waals surface area contributed by atoms with Gasteiger partial charge in [0.1, 0.15) is 0 Å². The summed E-state index contributed by atoms with van der Waals surface area (Å²) >= 11 is 1.50. The van der Waals surface area contributed by atoms with Crippen molar-refractivity contribution in [1.82, 2.24) is 4.90 Å². The molecule has 2 rings (SSSR count). The predicted octanol–water partition coefficient (Wildman–Crippen LogP) is 4.42. The molecule has 0 spiro atoms. The summed E-state index contributed by atoms with van der Waals surface area (Å²) in [4.78, 5) is 26.8. The average Bonchev–Trinajstić information content (AvgIpc) is 2.59. The summed E-state index contributed by atoms with van der Waals surface area (Å²) in [5, 5.41) is 2.85. The Bertz CT molecular complexity index is 777. The van der Waals surface area contributed by atoms with Crippen LogP contribution in [0.25, 0.3) is 0 Å². The minimum absolute atomic E-state index is 0.0885. The monoisotopic (exact) mass is 370 g/mol. The Labute approximate surface area is 160 Å². The maximum atomic E-state index is 12.2. The molecule has 0 saturated carbocycles. The fourth-order valence-corrected chi connectivity index (χ4v) is 3.08. The van der Waals surface area contributed by atoms with Gasteiger partial charge in [-0.25, -0.2) is 0 Å². The standard InChI is InChI=1S/C21H26N2O2S/c1-21(2,3)16-9-11-18(12-10-16)26-14-19(24)22-17-8-6-7-15(13-17)20(25)23(4)5/h6-13H,14H2,1-5H3,(H,22,24). The lowest BCUT2D eigenvalue weighted by atomic mass is 9.87. The predicted molar refractivity (Wildman–Crippen MR) is 109 cm³/mol. The van der Waals surface area contributed by atoms with E-state index in [0.717, 1.165) is 4.90 Å². The summed E-state index contributed by atoms with van der Waals surface area (Å²) in [7, 11) is 3.41. The summed E-state index contributed by atoms with van der Waals surface area (Å²) in [6, 6.07) is 15.3. The van der Waals surface area contributed by atoms with Gasteiger partial charge in [-0.3, -0.25) is 9.59 Å². The van der Waals surface area contributed by atoms with Crippen LogP contribution in [0.4, 0.5) is 5.69 Å². The number of hydrogen-bond acceptors (Lipinski definition) is 3. The first-order valence-electron chi connectivity index (χ1n) is 8.52. The number of thioether (sulfide) groups is 1. The molecule has 0 saturated heterocycles. The zero-order valence-electron chi connectivity index (χ0n) is 16.0. The molecule has 0 heterocycles. The Kier molecular flexibility index (Phi) is 6.48. The fraction of sp³-hybridized carbons (Fsp3) is 0.333. The topological polar surface area (TPSA) is 49.4 Å². The zero-order chi connectivity index (χ0) is 19.3. The van der Waals surface area contributed by atoms with Gasteiger partial charge in [-0.05, 0) is 41.3 Å². The van der Waals surface area contributed by atoms with Crippen LogP contribution in [0, 0.1) is 0 Å². The number of anilines is 1. The van der Waals surface area contributed by atoms with Gasteiger partial charge in [0, 0.05) is 30.2 Å². The first kappa shape index (κ1) is 20.0. The molecule has 0 bridgehead atoms. The molecule has 138 valence electrons. The van der Waals surface area contributed by atoms with E-state index in [4.69, 9.17) is 0 Å². The normalized spacial score (nSPS) is 11.1. The van der Waals surface area contributed by atoms with Gasteiger partial charge in [0.05, 0.1) is 5.75 Å². The summed E-state index contributed by atoms with van der Waals surface area (Å²) in [6.45, 7) is 6.53. The van der Waals surface area contributed by atoms with Crippen LogP contribution in [0.5, 0.6) is 0 Å². The van der Waals surface area contributed by atoms with Crippen LogP contribution in [-0.2, 0) is 10.2 Å². The van der Waals surface area contributed by atoms with Crippen molar-refractivity contribution in [2.45, 2.75) is 31.1 Å². The van der Waals surface area contributed by atoms with Crippen molar-refractivity contribution in [3.63, 3.8) is 0 Å². The zero-order valence-corrected chi connectivity index (χ0v) is 16.8. The van der Waals surface area contributed by atoms with Crippen LogP contribution in [0.1, 0.15) is 36.7 Å². The molecule has 1 N–H and O–H groups in total. The smallest absolute Gasteiger partial charge is 0.253 e. The highest BCUT2D eigenvalue weighted by atomic mass is 32.2. The van der Waals surface area contributed by atoms with Gasteiger partial charge >= 0.3 is 0 Å². The molecule has 5 heteroatoms. The van der Waals surface area contributed by atoms with E-state index in [2.05, 4.69) is 50.4 Å². The van der Waals surface area contributed by atoms with Crippen LogP contribution in [0.3, 0.4) is 0 Å². The van der Waals surface area contributed by atoms with Crippen LogP contribution in [0.2, 0.25) is 0 Å². The second-order valence-electron chi connectivity index (χ2n) is 7.39. The third-order valence-electron chi connectivity index (χ3n) is 3.89. The molecule has 2 amide bonds. The first-order chi connectivity index (χ1) is 12.2. The van der Waals surface area contributed by atoms with Crippen LogP contribution < -0.4 is 5.32 Å². The van der Waals surface area contributed by atoms with Crippen molar-refractivity contribution in [1.29, 1.82) is 0 Å². The maximum Gasteiger partial charge on any atom is 0.253 e. The summed E-state index contributed by atoms with van der Waals surface area (Å²) < 4.78 is 0. The van der Waals surface area contributed by atoms with Crippen molar-refractivity contribution in [2.75, 3.05) is 25.2 Å². The Hall–Kier alpha value is -2.27. The molecule has 0 fully saturated rings. The molecule has 0 unspecified atom stereocenters. The van der Waals surface area contributed by atoms with Gasteiger partial charge in [0.2, 0.25) is 5.91 Å².